The maximum Gasteiger partial charge on any atom is 0.121 e. The minimum Gasteiger partial charge on any atom is -0.500 e. The van der Waals surface area contributed by atoms with E-state index in [1.54, 1.807) is 0 Å². The summed E-state index contributed by atoms with van der Waals surface area (Å²) in [5, 5.41) is 2.27. The largest absolute Gasteiger partial charge is 0.500 e. The van der Waals surface area contributed by atoms with Crippen LogP contribution in [0, 0.1) is 44.2 Å². The van der Waals surface area contributed by atoms with Crippen molar-refractivity contribution in [2.45, 2.75) is 117 Å². The number of hydrogen-bond donors (Lipinski definition) is 0. The second kappa shape index (κ2) is 18.4. The van der Waals surface area contributed by atoms with E-state index in [-0.39, 0.29) is 20.1 Å². The number of pyridine rings is 2. The van der Waals surface area contributed by atoms with E-state index in [1.807, 2.05) is 24.3 Å². The van der Waals surface area contributed by atoms with E-state index in [0.29, 0.717) is 11.3 Å². The molecule has 0 spiro atoms. The van der Waals surface area contributed by atoms with Gasteiger partial charge in [-0.25, -0.2) is 0 Å². The number of rotatable bonds is 8. The van der Waals surface area contributed by atoms with Crippen LogP contribution in [0.15, 0.2) is 95.7 Å². The van der Waals surface area contributed by atoms with Crippen LogP contribution >= 0.6 is 0 Å². The maximum atomic E-state index is 6.33. The summed E-state index contributed by atoms with van der Waals surface area (Å²) in [5.74, 6) is 8.62. The molecule has 3 aromatic heterocycles. The zero-order chi connectivity index (χ0) is 41.4. The summed E-state index contributed by atoms with van der Waals surface area (Å²) in [4.78, 5) is 9.62. The molecule has 1 fully saturated rings. The zero-order valence-corrected chi connectivity index (χ0v) is 41.7. The van der Waals surface area contributed by atoms with Crippen LogP contribution in [-0.2, 0) is 32.9 Å². The molecule has 3 nitrogen and oxygen atoms in total. The van der Waals surface area contributed by atoms with E-state index in [4.69, 9.17) is 14.4 Å². The van der Waals surface area contributed by atoms with Crippen molar-refractivity contribution in [1.29, 1.82) is 0 Å². The van der Waals surface area contributed by atoms with Crippen LogP contribution in [0.1, 0.15) is 99.6 Å². The Morgan fingerprint density at radius 3 is 2.14 bits per heavy atom. The molecule has 0 atom stereocenters. The van der Waals surface area contributed by atoms with Crippen LogP contribution in [0.2, 0.25) is 17.3 Å². The average molecular weight is 1020 g/mol. The molecule has 1 saturated carbocycles. The molecule has 4 aromatic carbocycles. The van der Waals surface area contributed by atoms with Crippen molar-refractivity contribution in [3.05, 3.63) is 137 Å². The van der Waals surface area contributed by atoms with Crippen molar-refractivity contribution in [2.75, 3.05) is 0 Å². The van der Waals surface area contributed by atoms with Crippen molar-refractivity contribution in [1.82, 2.24) is 9.97 Å². The van der Waals surface area contributed by atoms with Gasteiger partial charge in [-0.05, 0) is 89.7 Å². The molecule has 3 heterocycles. The summed E-state index contributed by atoms with van der Waals surface area (Å²) in [7, 11) is 0. The van der Waals surface area contributed by atoms with Crippen LogP contribution in [0.4, 0.5) is 0 Å². The number of furan rings is 1. The van der Waals surface area contributed by atoms with Crippen LogP contribution in [0.25, 0.3) is 55.6 Å². The van der Waals surface area contributed by atoms with Crippen molar-refractivity contribution in [3.63, 3.8) is 0 Å². The fourth-order valence-corrected chi connectivity index (χ4v) is 12.2. The van der Waals surface area contributed by atoms with Crippen LogP contribution < -0.4 is 4.40 Å². The van der Waals surface area contributed by atoms with Gasteiger partial charge in [-0.3, -0.25) is 0 Å². The van der Waals surface area contributed by atoms with Gasteiger partial charge in [0.25, 0.3) is 0 Å². The van der Waals surface area contributed by atoms with Crippen LogP contribution in [0.5, 0.6) is 0 Å². The van der Waals surface area contributed by atoms with E-state index in [2.05, 4.69) is 152 Å². The van der Waals surface area contributed by atoms with Gasteiger partial charge < -0.3 is 9.40 Å². The van der Waals surface area contributed by atoms with Crippen LogP contribution in [-0.4, -0.2) is 23.2 Å². The molecule has 59 heavy (non-hydrogen) atoms. The Morgan fingerprint density at radius 2 is 1.46 bits per heavy atom. The average Bonchev–Trinajstić information content (AvgIpc) is 3.83. The molecule has 1 aliphatic carbocycles. The Kier molecular flexibility index (Phi) is 14.0. The summed E-state index contributed by atoms with van der Waals surface area (Å²) < 4.78 is 7.86. The minimum atomic E-state index is -1.90. The van der Waals surface area contributed by atoms with Gasteiger partial charge in [-0.15, -0.1) is 23.8 Å². The summed E-state index contributed by atoms with van der Waals surface area (Å²) in [6.07, 6.45) is 12.0. The van der Waals surface area contributed by atoms with E-state index >= 15 is 0 Å². The third-order valence-corrected chi connectivity index (χ3v) is 16.4. The number of fused-ring (bicyclic) bond motifs is 3. The maximum absolute atomic E-state index is 6.33. The number of nitrogens with zero attached hydrogens (tertiary/aromatic N) is 2. The van der Waals surface area contributed by atoms with Gasteiger partial charge in [0, 0.05) is 31.7 Å². The Balaban J connectivity index is 0.000000227. The standard InChI is InChI=1S/C35H36NO.C19H26GeN.Ir/c1-21(2)31-20-36-32(18-28(31)16-25-8-6-7-9-25)26-13-15-33-30(17-26)29-14-12-27(19-34(29)37-33)35-23(4)11-10-22(3)24(35)5;1-19(2,3)13-16-12-18(15-10-8-7-9-11-15)21-14-17(16)20(4,5)6;/h10-12,14-15,17-21,25H,6-9,16H2,1-5H3;7-10,12,14H,13H2,1-6H3;/q2*-1;. The molecule has 309 valence electrons. The van der Waals surface area contributed by atoms with Crippen molar-refractivity contribution >= 4 is 39.6 Å². The molecule has 0 bridgehead atoms. The van der Waals surface area contributed by atoms with E-state index in [9.17, 15) is 0 Å². The molecule has 1 radical (unpaired) electrons. The van der Waals surface area contributed by atoms with Gasteiger partial charge >= 0.3 is 132 Å². The van der Waals surface area contributed by atoms with Crippen LogP contribution in [0.3, 0.4) is 0 Å². The second-order valence-corrected chi connectivity index (χ2v) is 30.0. The monoisotopic (exact) mass is 1020 g/mol. The Hall–Kier alpha value is -3.83. The van der Waals surface area contributed by atoms with Gasteiger partial charge in [0.2, 0.25) is 0 Å². The molecule has 7 aromatic rings. The van der Waals surface area contributed by atoms with E-state index < -0.39 is 13.3 Å². The van der Waals surface area contributed by atoms with E-state index in [1.165, 1.54) is 81.0 Å². The molecule has 0 saturated heterocycles. The molecular formula is C54H62GeIrN2O-2. The third-order valence-electron chi connectivity index (χ3n) is 12.0. The van der Waals surface area contributed by atoms with Gasteiger partial charge in [0.1, 0.15) is 5.58 Å². The van der Waals surface area contributed by atoms with Crippen molar-refractivity contribution < 1.29 is 24.5 Å². The fourth-order valence-electron chi connectivity index (χ4n) is 8.89. The first-order valence-corrected chi connectivity index (χ1v) is 28.8. The number of hydrogen-bond acceptors (Lipinski definition) is 3. The Bertz CT molecular complexity index is 2550. The predicted octanol–water partition coefficient (Wildman–Crippen LogP) is 14.6. The summed E-state index contributed by atoms with van der Waals surface area (Å²) in [6, 6.07) is 34.7. The molecule has 5 heteroatoms. The second-order valence-electron chi connectivity index (χ2n) is 19.4. The van der Waals surface area contributed by atoms with Gasteiger partial charge in [0.05, 0.1) is 5.58 Å². The summed E-state index contributed by atoms with van der Waals surface area (Å²) >= 11 is -1.90. The van der Waals surface area contributed by atoms with Gasteiger partial charge in [0.15, 0.2) is 0 Å². The van der Waals surface area contributed by atoms with Crippen molar-refractivity contribution in [3.8, 4) is 33.6 Å². The normalized spacial score (nSPS) is 13.5. The number of aromatic nitrogens is 2. The molecule has 0 amide bonds. The first-order chi connectivity index (χ1) is 27.6. The SMILES string of the molecule is CC(C)(C)Cc1cc(-c2[c-]cccc2)nc[c]1[Ge]([CH3])([CH3])[CH3].Cc1ccc(C)c(-c2ccc3c(c2)oc2c[c-]c(-c4cc(CC5CCCC5)c(C(C)C)cn4)cc23)c1C.[Ir]. The fraction of sp³-hybridized carbons (Fsp3) is 0.370. The quantitative estimate of drug-likeness (QED) is 0.112. The molecule has 8 rings (SSSR count). The summed E-state index contributed by atoms with van der Waals surface area (Å²) in [5.41, 5.74) is 17.0. The van der Waals surface area contributed by atoms with E-state index in [0.717, 1.165) is 56.8 Å². The first kappa shape index (κ1) is 44.7. The molecule has 0 aliphatic heterocycles. The number of benzene rings is 4. The van der Waals surface area contributed by atoms with Gasteiger partial charge in [-0.1, -0.05) is 75.2 Å². The molecule has 0 unspecified atom stereocenters. The summed E-state index contributed by atoms with van der Waals surface area (Å²) in [6.45, 7) is 18.0. The minimum absolute atomic E-state index is 0. The smallest absolute Gasteiger partial charge is 0.121 e. The molecule has 1 aliphatic rings. The van der Waals surface area contributed by atoms with Gasteiger partial charge in [-0.2, -0.15) is 0 Å². The first-order valence-electron chi connectivity index (χ1n) is 21.5. The predicted molar refractivity (Wildman–Crippen MR) is 250 cm³/mol. The zero-order valence-electron chi connectivity index (χ0n) is 37.2. The number of aryl methyl sites for hydroxylation is 2. The molecule has 0 N–H and O–H groups in total. The Morgan fingerprint density at radius 1 is 0.763 bits per heavy atom. The van der Waals surface area contributed by atoms with Crippen molar-refractivity contribution in [2.24, 2.45) is 11.3 Å². The Labute approximate surface area is 370 Å². The topological polar surface area (TPSA) is 38.9 Å². The third kappa shape index (κ3) is 10.4. The molecular weight excluding hydrogens is 957 g/mol.